The van der Waals surface area contributed by atoms with E-state index in [0.29, 0.717) is 25.6 Å². The van der Waals surface area contributed by atoms with Gasteiger partial charge in [-0.15, -0.1) is 0 Å². The molecule has 4 rings (SSSR count). The van der Waals surface area contributed by atoms with Crippen LogP contribution >= 0.6 is 11.6 Å². The SMILES string of the molecule is O=C(NCCn1ccc2ccc(Cl)cc21)[C@H]1CCCN(c2ncccn2)C1. The number of anilines is 1. The second-order valence-electron chi connectivity index (χ2n) is 6.84. The van der Waals surface area contributed by atoms with E-state index in [2.05, 4.69) is 30.8 Å². The second-order valence-corrected chi connectivity index (χ2v) is 7.27. The monoisotopic (exact) mass is 383 g/mol. The summed E-state index contributed by atoms with van der Waals surface area (Å²) in [5.74, 6) is 0.772. The molecule has 1 aromatic carbocycles. The maximum atomic E-state index is 12.6. The van der Waals surface area contributed by atoms with Crippen molar-refractivity contribution in [2.45, 2.75) is 19.4 Å². The van der Waals surface area contributed by atoms with Crippen molar-refractivity contribution in [3.8, 4) is 0 Å². The lowest BCUT2D eigenvalue weighted by Crippen LogP contribution is -2.44. The minimum Gasteiger partial charge on any atom is -0.354 e. The summed E-state index contributed by atoms with van der Waals surface area (Å²) >= 11 is 6.10. The summed E-state index contributed by atoms with van der Waals surface area (Å²) < 4.78 is 2.12. The molecule has 1 saturated heterocycles. The van der Waals surface area contributed by atoms with Crippen molar-refractivity contribution in [3.63, 3.8) is 0 Å². The lowest BCUT2D eigenvalue weighted by molar-refractivity contribution is -0.125. The first-order valence-electron chi connectivity index (χ1n) is 9.25. The van der Waals surface area contributed by atoms with Gasteiger partial charge in [-0.3, -0.25) is 4.79 Å². The molecule has 0 saturated carbocycles. The molecule has 3 heterocycles. The molecule has 1 fully saturated rings. The Morgan fingerprint density at radius 3 is 2.96 bits per heavy atom. The van der Waals surface area contributed by atoms with Gasteiger partial charge in [0.05, 0.1) is 5.92 Å². The molecule has 1 aliphatic rings. The van der Waals surface area contributed by atoms with Gasteiger partial charge in [0.1, 0.15) is 0 Å². The fraction of sp³-hybridized carbons (Fsp3) is 0.350. The maximum absolute atomic E-state index is 12.6. The summed E-state index contributed by atoms with van der Waals surface area (Å²) in [6.07, 6.45) is 7.37. The summed E-state index contributed by atoms with van der Waals surface area (Å²) in [6, 6.07) is 9.72. The Hall–Kier alpha value is -2.60. The number of rotatable bonds is 5. The minimum absolute atomic E-state index is 0.0293. The van der Waals surface area contributed by atoms with E-state index < -0.39 is 0 Å². The molecule has 1 atom stereocenters. The zero-order chi connectivity index (χ0) is 18.6. The van der Waals surface area contributed by atoms with Crippen LogP contribution in [0.5, 0.6) is 0 Å². The zero-order valence-electron chi connectivity index (χ0n) is 15.0. The molecule has 1 aliphatic heterocycles. The van der Waals surface area contributed by atoms with Crippen LogP contribution in [0.15, 0.2) is 48.9 Å². The molecule has 1 amide bonds. The highest BCUT2D eigenvalue weighted by molar-refractivity contribution is 6.31. The summed E-state index contributed by atoms with van der Waals surface area (Å²) in [4.78, 5) is 23.3. The predicted octanol–water partition coefficient (Wildman–Crippen LogP) is 3.12. The van der Waals surface area contributed by atoms with Gasteiger partial charge in [0, 0.05) is 55.3 Å². The van der Waals surface area contributed by atoms with Crippen LogP contribution in [-0.4, -0.2) is 40.1 Å². The molecule has 2 aromatic heterocycles. The smallest absolute Gasteiger partial charge is 0.225 e. The Morgan fingerprint density at radius 2 is 2.11 bits per heavy atom. The highest BCUT2D eigenvalue weighted by Crippen LogP contribution is 2.21. The number of piperidine rings is 1. The van der Waals surface area contributed by atoms with Crippen LogP contribution in [-0.2, 0) is 11.3 Å². The maximum Gasteiger partial charge on any atom is 0.225 e. The number of hydrogen-bond acceptors (Lipinski definition) is 4. The van der Waals surface area contributed by atoms with E-state index in [4.69, 9.17) is 11.6 Å². The van der Waals surface area contributed by atoms with Gasteiger partial charge in [0.2, 0.25) is 11.9 Å². The molecule has 27 heavy (non-hydrogen) atoms. The van der Waals surface area contributed by atoms with E-state index in [0.717, 1.165) is 35.3 Å². The van der Waals surface area contributed by atoms with E-state index >= 15 is 0 Å². The number of hydrogen-bond donors (Lipinski definition) is 1. The first-order chi connectivity index (χ1) is 13.2. The Bertz CT molecular complexity index is 927. The molecular formula is C20H22ClN5O. The van der Waals surface area contributed by atoms with Crippen LogP contribution in [0.25, 0.3) is 10.9 Å². The topological polar surface area (TPSA) is 63.1 Å². The average Bonchev–Trinajstić information content (AvgIpc) is 3.11. The van der Waals surface area contributed by atoms with Crippen LogP contribution in [0.3, 0.4) is 0 Å². The standard InChI is InChI=1S/C20H22ClN5O/c21-17-5-4-15-6-11-25(18(15)13-17)12-9-22-19(27)16-3-1-10-26(14-16)20-23-7-2-8-24-20/h2,4-8,11,13,16H,1,3,9-10,12,14H2,(H,22,27)/t16-/m0/s1. The molecule has 1 N–H and O–H groups in total. The molecule has 140 valence electrons. The fourth-order valence-electron chi connectivity index (χ4n) is 3.62. The number of fused-ring (bicyclic) bond motifs is 1. The first kappa shape index (κ1) is 17.8. The van der Waals surface area contributed by atoms with Crippen molar-refractivity contribution in [2.24, 2.45) is 5.92 Å². The molecule has 0 spiro atoms. The van der Waals surface area contributed by atoms with Crippen molar-refractivity contribution in [3.05, 3.63) is 53.9 Å². The molecule has 0 aliphatic carbocycles. The van der Waals surface area contributed by atoms with Crippen molar-refractivity contribution in [2.75, 3.05) is 24.5 Å². The largest absolute Gasteiger partial charge is 0.354 e. The summed E-state index contributed by atoms with van der Waals surface area (Å²) in [6.45, 7) is 2.86. The van der Waals surface area contributed by atoms with E-state index in [1.807, 2.05) is 24.4 Å². The summed E-state index contributed by atoms with van der Waals surface area (Å²) in [7, 11) is 0. The van der Waals surface area contributed by atoms with Gasteiger partial charge in [-0.1, -0.05) is 17.7 Å². The summed E-state index contributed by atoms with van der Waals surface area (Å²) in [5, 5.41) is 4.95. The van der Waals surface area contributed by atoms with Gasteiger partial charge in [0.25, 0.3) is 0 Å². The third-order valence-corrected chi connectivity index (χ3v) is 5.25. The first-order valence-corrected chi connectivity index (χ1v) is 9.62. The van der Waals surface area contributed by atoms with E-state index in [9.17, 15) is 4.79 Å². The van der Waals surface area contributed by atoms with Gasteiger partial charge in [0.15, 0.2) is 0 Å². The normalized spacial score (nSPS) is 17.2. The highest BCUT2D eigenvalue weighted by Gasteiger charge is 2.26. The van der Waals surface area contributed by atoms with Crippen molar-refractivity contribution < 1.29 is 4.79 Å². The molecule has 0 bridgehead atoms. The Morgan fingerprint density at radius 1 is 1.26 bits per heavy atom. The molecular weight excluding hydrogens is 362 g/mol. The number of halogens is 1. The van der Waals surface area contributed by atoms with E-state index in [1.165, 1.54) is 0 Å². The highest BCUT2D eigenvalue weighted by atomic mass is 35.5. The Balaban J connectivity index is 1.33. The molecule has 6 nitrogen and oxygen atoms in total. The molecule has 0 unspecified atom stereocenters. The number of nitrogens with one attached hydrogen (secondary N) is 1. The number of carbonyl (C=O) groups excluding carboxylic acids is 1. The minimum atomic E-state index is -0.0293. The van der Waals surface area contributed by atoms with Gasteiger partial charge in [-0.25, -0.2) is 9.97 Å². The number of benzene rings is 1. The van der Waals surface area contributed by atoms with Gasteiger partial charge in [-0.05, 0) is 42.5 Å². The van der Waals surface area contributed by atoms with Gasteiger partial charge < -0.3 is 14.8 Å². The molecule has 0 radical (unpaired) electrons. The summed E-state index contributed by atoms with van der Waals surface area (Å²) in [5.41, 5.74) is 1.09. The quantitative estimate of drug-likeness (QED) is 0.735. The third-order valence-electron chi connectivity index (χ3n) is 5.02. The number of amides is 1. The van der Waals surface area contributed by atoms with Crippen LogP contribution in [0.4, 0.5) is 5.95 Å². The van der Waals surface area contributed by atoms with Gasteiger partial charge in [-0.2, -0.15) is 0 Å². The van der Waals surface area contributed by atoms with Crippen molar-refractivity contribution in [1.82, 2.24) is 19.9 Å². The predicted molar refractivity (Wildman–Crippen MR) is 107 cm³/mol. The average molecular weight is 384 g/mol. The number of aromatic nitrogens is 3. The lowest BCUT2D eigenvalue weighted by Gasteiger charge is -2.31. The van der Waals surface area contributed by atoms with Crippen molar-refractivity contribution >= 4 is 34.4 Å². The number of carbonyl (C=O) groups is 1. The Kier molecular flexibility index (Phi) is 5.25. The zero-order valence-corrected chi connectivity index (χ0v) is 15.8. The molecule has 3 aromatic rings. The van der Waals surface area contributed by atoms with E-state index in [-0.39, 0.29) is 11.8 Å². The van der Waals surface area contributed by atoms with Crippen LogP contribution in [0.2, 0.25) is 5.02 Å². The number of nitrogens with zero attached hydrogens (tertiary/aromatic N) is 4. The molecule has 7 heteroatoms. The van der Waals surface area contributed by atoms with Crippen LogP contribution < -0.4 is 10.2 Å². The van der Waals surface area contributed by atoms with E-state index in [1.54, 1.807) is 18.5 Å². The van der Waals surface area contributed by atoms with Crippen molar-refractivity contribution in [1.29, 1.82) is 0 Å². The fourth-order valence-corrected chi connectivity index (χ4v) is 3.79. The third kappa shape index (κ3) is 4.06. The second kappa shape index (κ2) is 7.96. The van der Waals surface area contributed by atoms with Crippen LogP contribution in [0, 0.1) is 5.92 Å². The van der Waals surface area contributed by atoms with Crippen LogP contribution in [0.1, 0.15) is 12.8 Å². The lowest BCUT2D eigenvalue weighted by atomic mass is 9.97. The Labute approximate surface area is 163 Å². The van der Waals surface area contributed by atoms with Gasteiger partial charge >= 0.3 is 0 Å².